The number of benzene rings is 1. The molecule has 1 aromatic carbocycles. The van der Waals surface area contributed by atoms with Gasteiger partial charge in [-0.25, -0.2) is 14.8 Å². The van der Waals surface area contributed by atoms with Gasteiger partial charge in [0.15, 0.2) is 16.7 Å². The molecule has 146 valence electrons. The number of anilines is 2. The molecule has 0 saturated carbocycles. The van der Waals surface area contributed by atoms with E-state index in [1.54, 1.807) is 6.20 Å². The summed E-state index contributed by atoms with van der Waals surface area (Å²) in [6.45, 7) is 3.49. The largest absolute Gasteiger partial charge is 0.485 e. The van der Waals surface area contributed by atoms with Gasteiger partial charge in [-0.2, -0.15) is 0 Å². The molecule has 8 heteroatoms. The fourth-order valence-electron chi connectivity index (χ4n) is 2.44. The number of urea groups is 1. The quantitative estimate of drug-likeness (QED) is 0.512. The number of carbonyl (C=O) groups is 1. The first kappa shape index (κ1) is 19.6. The number of hydrogen-bond acceptors (Lipinski definition) is 6. The van der Waals surface area contributed by atoms with Crippen molar-refractivity contribution in [1.82, 2.24) is 20.6 Å². The topological polar surface area (TPSA) is 88.2 Å². The van der Waals surface area contributed by atoms with Crippen LogP contribution in [-0.4, -0.2) is 29.1 Å². The highest BCUT2D eigenvalue weighted by atomic mass is 32.1. The van der Waals surface area contributed by atoms with Gasteiger partial charge in [0.05, 0.1) is 5.69 Å². The van der Waals surface area contributed by atoms with Crippen molar-refractivity contribution in [3.63, 3.8) is 0 Å². The normalized spacial score (nSPS) is 10.3. The highest BCUT2D eigenvalue weighted by Crippen LogP contribution is 2.27. The number of thiazole rings is 1. The molecular weight excluding hydrogens is 374 g/mol. The van der Waals surface area contributed by atoms with Crippen LogP contribution in [-0.2, 0) is 13.0 Å². The lowest BCUT2D eigenvalue weighted by Crippen LogP contribution is -2.36. The highest BCUT2D eigenvalue weighted by Gasteiger charge is 2.09. The first-order valence-corrected chi connectivity index (χ1v) is 9.97. The number of nitrogens with one attached hydrogen (secondary N) is 3. The fraction of sp³-hybridized carbons (Fsp3) is 0.250. The van der Waals surface area contributed by atoms with Crippen LogP contribution in [0, 0.1) is 0 Å². The second-order valence-electron chi connectivity index (χ2n) is 5.93. The van der Waals surface area contributed by atoms with E-state index in [-0.39, 0.29) is 6.03 Å². The molecule has 0 aliphatic heterocycles. The van der Waals surface area contributed by atoms with Crippen molar-refractivity contribution in [3.8, 4) is 5.75 Å². The second kappa shape index (κ2) is 10.3. The Morgan fingerprint density at radius 3 is 2.82 bits per heavy atom. The van der Waals surface area contributed by atoms with E-state index in [0.717, 1.165) is 16.4 Å². The first-order chi connectivity index (χ1) is 13.7. The molecule has 3 rings (SSSR count). The van der Waals surface area contributed by atoms with E-state index in [1.807, 2.05) is 54.8 Å². The minimum absolute atomic E-state index is 0.162. The maximum absolute atomic E-state index is 11.4. The Balaban J connectivity index is 1.55. The van der Waals surface area contributed by atoms with Crippen LogP contribution < -0.4 is 20.7 Å². The molecule has 3 aromatic rings. The highest BCUT2D eigenvalue weighted by molar-refractivity contribution is 7.13. The predicted octanol–water partition coefficient (Wildman–Crippen LogP) is 3.72. The predicted molar refractivity (Wildman–Crippen MR) is 111 cm³/mol. The Morgan fingerprint density at radius 1 is 1.14 bits per heavy atom. The Bertz CT molecular complexity index is 885. The third-order valence-electron chi connectivity index (χ3n) is 3.79. The summed E-state index contributed by atoms with van der Waals surface area (Å²) in [5, 5.41) is 11.4. The molecule has 2 aromatic heterocycles. The molecule has 0 saturated heterocycles. The van der Waals surface area contributed by atoms with Gasteiger partial charge in [-0.1, -0.05) is 30.3 Å². The van der Waals surface area contributed by atoms with Crippen molar-refractivity contribution in [2.75, 3.05) is 18.4 Å². The van der Waals surface area contributed by atoms with Gasteiger partial charge in [-0.15, -0.1) is 11.3 Å². The van der Waals surface area contributed by atoms with Crippen LogP contribution in [0.2, 0.25) is 0 Å². The molecule has 7 nitrogen and oxygen atoms in total. The summed E-state index contributed by atoms with van der Waals surface area (Å²) in [6.07, 6.45) is 2.37. The van der Waals surface area contributed by atoms with Crippen LogP contribution in [0.1, 0.15) is 18.2 Å². The molecule has 0 aliphatic carbocycles. The summed E-state index contributed by atoms with van der Waals surface area (Å²) < 4.78 is 5.91. The van der Waals surface area contributed by atoms with Gasteiger partial charge in [0, 0.05) is 31.1 Å². The molecule has 0 spiro atoms. The maximum atomic E-state index is 11.4. The maximum Gasteiger partial charge on any atom is 0.314 e. The molecule has 0 unspecified atom stereocenters. The summed E-state index contributed by atoms with van der Waals surface area (Å²) in [5.41, 5.74) is 2.00. The average Bonchev–Trinajstić information content (AvgIpc) is 3.15. The standard InChI is InChI=1S/C20H23N5O2S/c1-2-21-19(26)23-12-10-16-14-28-20(24-16)25-18-17(9-6-11-22-18)27-13-15-7-4-3-5-8-15/h3-9,11,14H,2,10,12-13H2,1H3,(H2,21,23,26)(H,22,24,25). The van der Waals surface area contributed by atoms with Gasteiger partial charge < -0.3 is 20.7 Å². The number of pyridine rings is 1. The van der Waals surface area contributed by atoms with Crippen LogP contribution in [0.5, 0.6) is 5.75 Å². The minimum Gasteiger partial charge on any atom is -0.485 e. The van der Waals surface area contributed by atoms with Gasteiger partial charge in [-0.05, 0) is 24.6 Å². The average molecular weight is 398 g/mol. The van der Waals surface area contributed by atoms with E-state index in [2.05, 4.69) is 25.9 Å². The zero-order valence-corrected chi connectivity index (χ0v) is 16.5. The van der Waals surface area contributed by atoms with Crippen LogP contribution >= 0.6 is 11.3 Å². The van der Waals surface area contributed by atoms with Crippen molar-refractivity contribution in [1.29, 1.82) is 0 Å². The number of hydrogen-bond donors (Lipinski definition) is 3. The number of carbonyl (C=O) groups excluding carboxylic acids is 1. The van der Waals surface area contributed by atoms with Crippen molar-refractivity contribution in [3.05, 3.63) is 65.3 Å². The lowest BCUT2D eigenvalue weighted by atomic mass is 10.2. The van der Waals surface area contributed by atoms with Crippen molar-refractivity contribution in [2.45, 2.75) is 20.0 Å². The number of aromatic nitrogens is 2. The monoisotopic (exact) mass is 397 g/mol. The number of amides is 2. The van der Waals surface area contributed by atoms with Crippen LogP contribution in [0.4, 0.5) is 15.7 Å². The van der Waals surface area contributed by atoms with E-state index in [0.29, 0.717) is 37.7 Å². The number of rotatable bonds is 9. The minimum atomic E-state index is -0.162. The summed E-state index contributed by atoms with van der Waals surface area (Å²) in [4.78, 5) is 20.3. The van der Waals surface area contributed by atoms with Crippen molar-refractivity contribution >= 4 is 28.3 Å². The molecule has 2 amide bonds. The van der Waals surface area contributed by atoms with Gasteiger partial charge in [-0.3, -0.25) is 0 Å². The number of nitrogens with zero attached hydrogens (tertiary/aromatic N) is 2. The lowest BCUT2D eigenvalue weighted by Gasteiger charge is -2.10. The zero-order valence-electron chi connectivity index (χ0n) is 15.6. The molecule has 28 heavy (non-hydrogen) atoms. The van der Waals surface area contributed by atoms with Gasteiger partial charge in [0.2, 0.25) is 0 Å². The Kier molecular flexibility index (Phi) is 7.20. The Hall–Kier alpha value is -3.13. The fourth-order valence-corrected chi connectivity index (χ4v) is 3.19. The smallest absolute Gasteiger partial charge is 0.314 e. The van der Waals surface area contributed by atoms with E-state index < -0.39 is 0 Å². The van der Waals surface area contributed by atoms with Gasteiger partial charge in [0.25, 0.3) is 0 Å². The Morgan fingerprint density at radius 2 is 2.00 bits per heavy atom. The third kappa shape index (κ3) is 5.95. The van der Waals surface area contributed by atoms with Crippen molar-refractivity contribution < 1.29 is 9.53 Å². The summed E-state index contributed by atoms with van der Waals surface area (Å²) in [7, 11) is 0. The molecule has 0 aliphatic rings. The van der Waals surface area contributed by atoms with E-state index >= 15 is 0 Å². The van der Waals surface area contributed by atoms with Crippen LogP contribution in [0.3, 0.4) is 0 Å². The molecule has 0 fully saturated rings. The van der Waals surface area contributed by atoms with Gasteiger partial charge in [0.1, 0.15) is 6.61 Å². The zero-order chi connectivity index (χ0) is 19.6. The van der Waals surface area contributed by atoms with E-state index in [9.17, 15) is 4.79 Å². The van der Waals surface area contributed by atoms with E-state index in [1.165, 1.54) is 11.3 Å². The molecular formula is C20H23N5O2S. The van der Waals surface area contributed by atoms with Gasteiger partial charge >= 0.3 is 6.03 Å². The second-order valence-corrected chi connectivity index (χ2v) is 6.79. The van der Waals surface area contributed by atoms with Crippen molar-refractivity contribution in [2.24, 2.45) is 0 Å². The van der Waals surface area contributed by atoms with Crippen LogP contribution in [0.15, 0.2) is 54.0 Å². The Labute approximate surface area is 168 Å². The molecule has 2 heterocycles. The van der Waals surface area contributed by atoms with Crippen LogP contribution in [0.25, 0.3) is 0 Å². The SMILES string of the molecule is CCNC(=O)NCCc1csc(Nc2ncccc2OCc2ccccc2)n1. The number of ether oxygens (including phenoxy) is 1. The lowest BCUT2D eigenvalue weighted by molar-refractivity contribution is 0.241. The molecule has 0 radical (unpaired) electrons. The summed E-state index contributed by atoms with van der Waals surface area (Å²) >= 11 is 1.49. The molecule has 0 bridgehead atoms. The third-order valence-corrected chi connectivity index (χ3v) is 4.60. The first-order valence-electron chi connectivity index (χ1n) is 9.09. The summed E-state index contributed by atoms with van der Waals surface area (Å²) in [6, 6.07) is 13.5. The molecule has 0 atom stereocenters. The van der Waals surface area contributed by atoms with E-state index in [4.69, 9.17) is 4.74 Å². The summed E-state index contributed by atoms with van der Waals surface area (Å²) in [5.74, 6) is 1.29. The molecule has 3 N–H and O–H groups in total.